The zero-order valence-electron chi connectivity index (χ0n) is 12.9. The van der Waals surface area contributed by atoms with E-state index in [0.717, 1.165) is 11.3 Å². The highest BCUT2D eigenvalue weighted by Gasteiger charge is 2.49. The van der Waals surface area contributed by atoms with Gasteiger partial charge in [0, 0.05) is 11.3 Å². The Morgan fingerprint density at radius 1 is 1.61 bits per heavy atom. The normalized spacial score (nSPS) is 30.2. The number of hydrogen-bond donors (Lipinski definition) is 4. The fourth-order valence-electron chi connectivity index (χ4n) is 3.00. The number of fused-ring (bicyclic) bond motifs is 1. The van der Waals surface area contributed by atoms with Crippen molar-refractivity contribution in [1.82, 2.24) is 9.88 Å². The molecule has 0 aliphatic carbocycles. The van der Waals surface area contributed by atoms with Crippen LogP contribution in [0.2, 0.25) is 0 Å². The molecule has 1 saturated heterocycles. The molecular weight excluding hydrogens is 302 g/mol. The van der Waals surface area contributed by atoms with Crippen LogP contribution in [0.15, 0.2) is 18.7 Å². The maximum Gasteiger partial charge on any atom is 0.325 e. The minimum atomic E-state index is -1.02. The molecule has 3 heterocycles. The molecular formula is C15H21N3O5. The summed E-state index contributed by atoms with van der Waals surface area (Å²) in [4.78, 5) is 16.9. The van der Waals surface area contributed by atoms with Crippen molar-refractivity contribution < 1.29 is 24.5 Å². The van der Waals surface area contributed by atoms with E-state index in [1.54, 1.807) is 6.08 Å². The number of ether oxygens (including phenoxy) is 2. The van der Waals surface area contributed by atoms with Crippen LogP contribution in [-0.4, -0.2) is 63.9 Å². The lowest BCUT2D eigenvalue weighted by molar-refractivity contribution is -0.0934. The van der Waals surface area contributed by atoms with Gasteiger partial charge in [-0.1, -0.05) is 6.08 Å². The Morgan fingerprint density at radius 2 is 2.39 bits per heavy atom. The molecule has 2 amide bonds. The van der Waals surface area contributed by atoms with Gasteiger partial charge in [0.1, 0.15) is 24.1 Å². The SMILES string of the molecule is C=CCO[C@@H]1[C@H](O)[C@@H](CO)O[C@H]1N1Cc2cc(C)[nH]c2NC1=O. The molecule has 0 saturated carbocycles. The molecule has 23 heavy (non-hydrogen) atoms. The van der Waals surface area contributed by atoms with Gasteiger partial charge in [0.25, 0.3) is 0 Å². The van der Waals surface area contributed by atoms with E-state index in [9.17, 15) is 15.0 Å². The number of aryl methyl sites for hydroxylation is 1. The van der Waals surface area contributed by atoms with E-state index < -0.39 is 24.5 Å². The summed E-state index contributed by atoms with van der Waals surface area (Å²) in [6, 6.07) is 1.60. The Kier molecular flexibility index (Phi) is 4.40. The van der Waals surface area contributed by atoms with Gasteiger partial charge in [0.05, 0.1) is 19.8 Å². The topological polar surface area (TPSA) is 107 Å². The van der Waals surface area contributed by atoms with Crippen molar-refractivity contribution in [2.45, 2.75) is 38.0 Å². The van der Waals surface area contributed by atoms with Crippen LogP contribution in [0.4, 0.5) is 10.6 Å². The number of hydrogen-bond acceptors (Lipinski definition) is 5. The van der Waals surface area contributed by atoms with Crippen LogP contribution < -0.4 is 5.32 Å². The molecule has 2 aliphatic rings. The molecule has 3 rings (SSSR count). The number of H-pyrrole nitrogens is 1. The van der Waals surface area contributed by atoms with Gasteiger partial charge in [-0.05, 0) is 13.0 Å². The number of aliphatic hydroxyl groups is 2. The number of amides is 2. The van der Waals surface area contributed by atoms with Crippen molar-refractivity contribution in [3.63, 3.8) is 0 Å². The van der Waals surface area contributed by atoms with Gasteiger partial charge in [-0.25, -0.2) is 4.79 Å². The summed E-state index contributed by atoms with van der Waals surface area (Å²) >= 11 is 0. The average Bonchev–Trinajstić information content (AvgIpc) is 3.03. The lowest BCUT2D eigenvalue weighted by atomic mass is 10.1. The molecule has 8 nitrogen and oxygen atoms in total. The Hall–Kier alpha value is -1.87. The maximum absolute atomic E-state index is 12.4. The third kappa shape index (κ3) is 2.86. The molecule has 0 radical (unpaired) electrons. The fourth-order valence-corrected chi connectivity index (χ4v) is 3.00. The van der Waals surface area contributed by atoms with Crippen LogP contribution >= 0.6 is 0 Å². The summed E-state index contributed by atoms with van der Waals surface area (Å²) in [7, 11) is 0. The zero-order valence-corrected chi connectivity index (χ0v) is 12.9. The smallest absolute Gasteiger partial charge is 0.325 e. The highest BCUT2D eigenvalue weighted by Crippen LogP contribution is 2.32. The maximum atomic E-state index is 12.4. The number of carbonyl (C=O) groups excluding carboxylic acids is 1. The minimum Gasteiger partial charge on any atom is -0.394 e. The standard InChI is InChI=1S/C15H21N3O5/c1-3-4-22-12-11(20)10(7-19)23-14(12)18-6-9-5-8(2)16-13(9)17-15(18)21/h3,5,10-12,14,16,19-20H,1,4,6-7H2,2H3,(H,17,21)/t10-,11-,12-,14-/m1/s1. The first kappa shape index (κ1) is 16.0. The van der Waals surface area contributed by atoms with Crippen LogP contribution in [0, 0.1) is 6.92 Å². The Labute approximate surface area is 133 Å². The van der Waals surface area contributed by atoms with Crippen molar-refractivity contribution in [2.75, 3.05) is 18.5 Å². The van der Waals surface area contributed by atoms with Gasteiger partial charge in [0.15, 0.2) is 6.23 Å². The summed E-state index contributed by atoms with van der Waals surface area (Å²) < 4.78 is 11.2. The van der Waals surface area contributed by atoms with Crippen LogP contribution in [-0.2, 0) is 16.0 Å². The summed E-state index contributed by atoms with van der Waals surface area (Å²) in [5, 5.41) is 22.4. The van der Waals surface area contributed by atoms with Crippen LogP contribution in [0.1, 0.15) is 11.3 Å². The fraction of sp³-hybridized carbons (Fsp3) is 0.533. The molecule has 4 atom stereocenters. The lowest BCUT2D eigenvalue weighted by Gasteiger charge is -2.34. The highest BCUT2D eigenvalue weighted by atomic mass is 16.6. The molecule has 1 aromatic heterocycles. The second kappa shape index (κ2) is 6.32. The number of aromatic amines is 1. The van der Waals surface area contributed by atoms with Crippen molar-refractivity contribution in [3.8, 4) is 0 Å². The predicted molar refractivity (Wildman–Crippen MR) is 81.8 cm³/mol. The van der Waals surface area contributed by atoms with Crippen molar-refractivity contribution >= 4 is 11.8 Å². The molecule has 0 aromatic carbocycles. The van der Waals surface area contributed by atoms with E-state index in [1.165, 1.54) is 4.90 Å². The Balaban J connectivity index is 1.83. The number of nitrogens with one attached hydrogen (secondary N) is 2. The lowest BCUT2D eigenvalue weighted by Crippen LogP contribution is -2.51. The molecule has 1 fully saturated rings. The Bertz CT molecular complexity index is 602. The van der Waals surface area contributed by atoms with Crippen molar-refractivity contribution in [1.29, 1.82) is 0 Å². The van der Waals surface area contributed by atoms with E-state index >= 15 is 0 Å². The third-order valence-electron chi connectivity index (χ3n) is 4.07. The number of urea groups is 1. The van der Waals surface area contributed by atoms with Crippen LogP contribution in [0.3, 0.4) is 0 Å². The molecule has 0 bridgehead atoms. The molecule has 2 aliphatic heterocycles. The first-order chi connectivity index (χ1) is 11.0. The van der Waals surface area contributed by atoms with Gasteiger partial charge < -0.3 is 24.7 Å². The monoisotopic (exact) mass is 323 g/mol. The highest BCUT2D eigenvalue weighted by molar-refractivity contribution is 5.91. The van der Waals surface area contributed by atoms with Gasteiger partial charge in [-0.2, -0.15) is 0 Å². The zero-order chi connectivity index (χ0) is 16.6. The predicted octanol–water partition coefficient (Wildman–Crippen LogP) is 0.320. The van der Waals surface area contributed by atoms with E-state index in [4.69, 9.17) is 9.47 Å². The number of nitrogens with zero attached hydrogens (tertiary/aromatic N) is 1. The summed E-state index contributed by atoms with van der Waals surface area (Å²) in [5.41, 5.74) is 1.87. The van der Waals surface area contributed by atoms with E-state index in [-0.39, 0.29) is 19.2 Å². The number of aliphatic hydroxyl groups excluding tert-OH is 2. The number of rotatable bonds is 5. The van der Waals surface area contributed by atoms with E-state index in [1.807, 2.05) is 13.0 Å². The van der Waals surface area contributed by atoms with Crippen molar-refractivity contribution in [3.05, 3.63) is 30.0 Å². The number of carbonyl (C=O) groups is 1. The molecule has 0 spiro atoms. The van der Waals surface area contributed by atoms with Gasteiger partial charge in [-0.15, -0.1) is 6.58 Å². The largest absolute Gasteiger partial charge is 0.394 e. The summed E-state index contributed by atoms with van der Waals surface area (Å²) in [5.74, 6) is 0.671. The molecule has 0 unspecified atom stereocenters. The number of anilines is 1. The second-order valence-electron chi connectivity index (χ2n) is 5.74. The van der Waals surface area contributed by atoms with Crippen molar-refractivity contribution in [2.24, 2.45) is 0 Å². The quantitative estimate of drug-likeness (QED) is 0.584. The summed E-state index contributed by atoms with van der Waals surface area (Å²) in [6.07, 6.45) is -1.80. The average molecular weight is 323 g/mol. The molecule has 1 aromatic rings. The van der Waals surface area contributed by atoms with E-state index in [2.05, 4.69) is 16.9 Å². The third-order valence-corrected chi connectivity index (χ3v) is 4.07. The summed E-state index contributed by atoms with van der Waals surface area (Å²) in [6.45, 7) is 5.67. The second-order valence-corrected chi connectivity index (χ2v) is 5.74. The molecule has 8 heteroatoms. The van der Waals surface area contributed by atoms with E-state index in [0.29, 0.717) is 12.4 Å². The van der Waals surface area contributed by atoms with Gasteiger partial charge >= 0.3 is 6.03 Å². The van der Waals surface area contributed by atoms with Gasteiger partial charge in [0.2, 0.25) is 0 Å². The first-order valence-electron chi connectivity index (χ1n) is 7.48. The van der Waals surface area contributed by atoms with Gasteiger partial charge in [-0.3, -0.25) is 10.2 Å². The first-order valence-corrected chi connectivity index (χ1v) is 7.48. The Morgan fingerprint density at radius 3 is 3.09 bits per heavy atom. The minimum absolute atomic E-state index is 0.212. The number of aromatic nitrogens is 1. The van der Waals surface area contributed by atoms with Crippen LogP contribution in [0.5, 0.6) is 0 Å². The molecule has 126 valence electrons. The van der Waals surface area contributed by atoms with Crippen LogP contribution in [0.25, 0.3) is 0 Å². The molecule has 4 N–H and O–H groups in total.